The number of hydrogen-bond donors (Lipinski definition) is 7. The number of carbonyl (C=O) groups is 1. The van der Waals surface area contributed by atoms with E-state index in [4.69, 9.17) is 22.9 Å². The summed E-state index contributed by atoms with van der Waals surface area (Å²) in [5, 5.41) is 16.1. The van der Waals surface area contributed by atoms with Crippen LogP contribution >= 0.6 is 0 Å². The van der Waals surface area contributed by atoms with Crippen molar-refractivity contribution in [1.82, 2.24) is 15.0 Å². The van der Waals surface area contributed by atoms with Crippen molar-refractivity contribution in [3.63, 3.8) is 0 Å². The lowest BCUT2D eigenvalue weighted by molar-refractivity contribution is -0.116. The molecule has 3 aromatic rings. The van der Waals surface area contributed by atoms with Crippen LogP contribution in [0.15, 0.2) is 52.9 Å². The quantitative estimate of drug-likeness (QED) is 0.133. The highest BCUT2D eigenvalue weighted by Crippen LogP contribution is 2.31. The number of anilines is 5. The van der Waals surface area contributed by atoms with Gasteiger partial charge in [0.25, 0.3) is 0 Å². The molecule has 11 N–H and O–H groups in total. The summed E-state index contributed by atoms with van der Waals surface area (Å²) in [7, 11) is -2.69. The molecule has 0 aliphatic carbocycles. The van der Waals surface area contributed by atoms with Crippen LogP contribution in [-0.2, 0) is 15.3 Å². The minimum Gasteiger partial charge on any atom is -0.506 e. The molecule has 4 atom stereocenters. The summed E-state index contributed by atoms with van der Waals surface area (Å²) in [6, 6.07) is 13.4. The summed E-state index contributed by atoms with van der Waals surface area (Å²) in [6.07, 6.45) is 6.69. The van der Waals surface area contributed by atoms with E-state index in [-0.39, 0.29) is 47.5 Å². The maximum Gasteiger partial charge on any atom is 0.316 e. The lowest BCUT2D eigenvalue weighted by Crippen LogP contribution is -2.54. The van der Waals surface area contributed by atoms with Crippen LogP contribution in [0.4, 0.5) is 34.9 Å². The molecule has 17 heteroatoms. The number of phenols is 1. The number of carbonyl (C=O) groups excluding carboxylic acids is 1. The van der Waals surface area contributed by atoms with Crippen molar-refractivity contribution in [3.8, 4) is 5.75 Å². The fourth-order valence-corrected chi connectivity index (χ4v) is 6.34. The Labute approximate surface area is 301 Å². The van der Waals surface area contributed by atoms with E-state index in [0.29, 0.717) is 63.0 Å². The molecule has 51 heavy (non-hydrogen) atoms. The van der Waals surface area contributed by atoms with Crippen LogP contribution in [0.2, 0.25) is 0 Å². The van der Waals surface area contributed by atoms with Gasteiger partial charge in [-0.15, -0.1) is 4.36 Å². The van der Waals surface area contributed by atoms with Crippen LogP contribution < -0.4 is 43.4 Å². The number of amides is 1. The molecule has 1 aromatic heterocycles. The van der Waals surface area contributed by atoms with Gasteiger partial charge in [0.15, 0.2) is 0 Å². The van der Waals surface area contributed by atoms with Crippen LogP contribution in [0, 0.1) is 5.92 Å². The van der Waals surface area contributed by atoms with E-state index in [1.165, 1.54) is 25.0 Å². The van der Waals surface area contributed by atoms with Gasteiger partial charge < -0.3 is 48.5 Å². The highest BCUT2D eigenvalue weighted by molar-refractivity contribution is 7.61. The minimum absolute atomic E-state index is 0.0801. The zero-order valence-corrected chi connectivity index (χ0v) is 30.2. The average Bonchev–Trinajstić information content (AvgIpc) is 3.05. The summed E-state index contributed by atoms with van der Waals surface area (Å²) in [4.78, 5) is 29.2. The zero-order valence-electron chi connectivity index (χ0n) is 29.4. The Bertz CT molecular complexity index is 1640. The van der Waals surface area contributed by atoms with E-state index in [9.17, 15) is 18.3 Å². The Morgan fingerprint density at radius 2 is 1.41 bits per heavy atom. The lowest BCUT2D eigenvalue weighted by Gasteiger charge is -2.37. The Hall–Kier alpha value is -4.42. The number of para-hydroxylation sites is 1. The summed E-state index contributed by atoms with van der Waals surface area (Å²) in [6.45, 7) is 6.64. The third-order valence-corrected chi connectivity index (χ3v) is 8.70. The van der Waals surface area contributed by atoms with Crippen molar-refractivity contribution in [3.05, 3.63) is 48.5 Å². The molecule has 2 aliphatic heterocycles. The third-order valence-electron chi connectivity index (χ3n) is 8.36. The van der Waals surface area contributed by atoms with E-state index >= 15 is 0 Å². The number of hydrogen-bond acceptors (Lipinski definition) is 15. The highest BCUT2D eigenvalue weighted by atomic mass is 32.2. The van der Waals surface area contributed by atoms with Crippen molar-refractivity contribution in [2.75, 3.05) is 46.6 Å². The number of aromatic hydroxyl groups is 1. The van der Waals surface area contributed by atoms with Crippen LogP contribution in [0.3, 0.4) is 0 Å². The van der Waals surface area contributed by atoms with E-state index in [1.54, 1.807) is 6.07 Å². The predicted octanol–water partition coefficient (Wildman–Crippen LogP) is 2.98. The van der Waals surface area contributed by atoms with E-state index in [2.05, 4.69) is 43.8 Å². The number of aromatic nitrogens is 3. The first-order valence-corrected chi connectivity index (χ1v) is 18.4. The number of rotatable bonds is 12. The molecule has 0 unspecified atom stereocenters. The number of piperidine rings is 2. The molecular weight excluding hydrogens is 673 g/mol. The van der Waals surface area contributed by atoms with E-state index in [0.717, 1.165) is 24.4 Å². The fraction of sp³-hybridized carbons (Fsp3) is 0.529. The van der Waals surface area contributed by atoms with Gasteiger partial charge in [0, 0.05) is 74.2 Å². The highest BCUT2D eigenvalue weighted by Gasteiger charge is 2.29. The summed E-state index contributed by atoms with van der Waals surface area (Å²) in [5.41, 5.74) is 25.9. The van der Waals surface area contributed by atoms with E-state index in [1.807, 2.05) is 40.1 Å². The van der Waals surface area contributed by atoms with Crippen LogP contribution in [-0.4, -0.2) is 84.7 Å². The lowest BCUT2D eigenvalue weighted by atomic mass is 10.0. The Balaban J connectivity index is 0.000000289. The molecule has 0 spiro atoms. The van der Waals surface area contributed by atoms with Crippen molar-refractivity contribution in [2.45, 2.75) is 83.0 Å². The second-order valence-corrected chi connectivity index (χ2v) is 14.2. The number of unbranched alkanes of at least 4 members (excludes halogenated alkanes) is 2. The van der Waals surface area contributed by atoms with Gasteiger partial charge in [-0.3, -0.25) is 4.79 Å². The van der Waals surface area contributed by atoms with Gasteiger partial charge in [0.1, 0.15) is 11.4 Å². The monoisotopic (exact) mass is 724 g/mol. The zero-order chi connectivity index (χ0) is 36.9. The van der Waals surface area contributed by atoms with E-state index < -0.39 is 10.5 Å². The largest absolute Gasteiger partial charge is 0.506 e. The molecule has 2 saturated heterocycles. The van der Waals surface area contributed by atoms with Crippen molar-refractivity contribution in [1.29, 1.82) is 0 Å². The van der Waals surface area contributed by atoms with Crippen molar-refractivity contribution < 1.29 is 18.3 Å². The topological polar surface area (TPSA) is 257 Å². The van der Waals surface area contributed by atoms with Crippen molar-refractivity contribution in [2.24, 2.45) is 33.2 Å². The van der Waals surface area contributed by atoms with Gasteiger partial charge in [0.05, 0.1) is 0 Å². The first kappa shape index (κ1) is 39.4. The number of nitrogens with two attached hydrogens (primary N) is 4. The Morgan fingerprint density at radius 1 is 0.843 bits per heavy atom. The summed E-state index contributed by atoms with van der Waals surface area (Å²) in [5.74, 6) is 1.61. The molecule has 5 rings (SSSR count). The number of benzene rings is 2. The van der Waals surface area contributed by atoms with Gasteiger partial charge in [0.2, 0.25) is 23.8 Å². The van der Waals surface area contributed by atoms with Gasteiger partial charge >= 0.3 is 10.5 Å². The van der Waals surface area contributed by atoms with Gasteiger partial charge in [-0.2, -0.15) is 23.4 Å². The molecule has 2 fully saturated rings. The maximum absolute atomic E-state index is 11.6. The molecule has 2 aliphatic rings. The van der Waals surface area contributed by atoms with Gasteiger partial charge in [-0.1, -0.05) is 51.3 Å². The van der Waals surface area contributed by atoms with Crippen LogP contribution in [0.1, 0.15) is 58.8 Å². The molecule has 16 nitrogen and oxygen atoms in total. The smallest absolute Gasteiger partial charge is 0.316 e. The molecule has 0 radical (unpaired) electrons. The molecular formula is C34H52N12O4S. The SMILES string of the molecule is CC(C)CCCCCC(=O)Nc1ccccc1.N[C@@H]1C[C@H](N)CN(c2nc(Nc3ccc(N=S(=O)=O)c(O)c3)nc(N3C[C@H](N)C[C@H](N)C3)n2)C1. The molecule has 278 valence electrons. The molecule has 3 heterocycles. The maximum atomic E-state index is 11.6. The number of nitrogens with zero attached hydrogens (tertiary/aromatic N) is 6. The molecule has 0 bridgehead atoms. The number of nitrogens with one attached hydrogen (secondary N) is 2. The molecule has 1 amide bonds. The first-order chi connectivity index (χ1) is 24.3. The second-order valence-electron chi connectivity index (χ2n) is 13.6. The molecule has 2 aromatic carbocycles. The number of phenolic OH excluding ortho intramolecular Hbond substituents is 1. The summed E-state index contributed by atoms with van der Waals surface area (Å²) < 4.78 is 24.9. The average molecular weight is 725 g/mol. The van der Waals surface area contributed by atoms with Crippen LogP contribution in [0.5, 0.6) is 5.75 Å². The fourth-order valence-electron chi connectivity index (χ4n) is 6.02. The van der Waals surface area contributed by atoms with Gasteiger partial charge in [-0.25, -0.2) is 0 Å². The van der Waals surface area contributed by atoms with Crippen molar-refractivity contribution >= 4 is 51.3 Å². The Morgan fingerprint density at radius 3 is 1.92 bits per heavy atom. The first-order valence-electron chi connectivity index (χ1n) is 17.4. The van der Waals surface area contributed by atoms with Gasteiger partial charge in [-0.05, 0) is 49.4 Å². The minimum atomic E-state index is -2.69. The summed E-state index contributed by atoms with van der Waals surface area (Å²) >= 11 is 0. The standard InChI is InChI=1S/C19H29N11O3S.C15H23NO/c20-10-3-11(21)7-29(6-10)18-25-17(24-14-1-2-15(16(31)5-14)28-34(32)33)26-19(27-18)30-8-12(22)4-13(23)9-30;1-13(2)9-5-3-8-12-15(17)16-14-10-6-4-7-11-14/h1-2,5,10-13,31H,3-4,6-9,20-23H2,(H,24,25,26,27);4,6-7,10-11,13H,3,5,8-9,12H2,1-2H3,(H,16,17)/t10-,11+,12-,13+;. The normalized spacial score (nSPS) is 20.3. The predicted molar refractivity (Wildman–Crippen MR) is 201 cm³/mol. The van der Waals surface area contributed by atoms with Crippen LogP contribution in [0.25, 0.3) is 0 Å². The third kappa shape index (κ3) is 13.3. The molecule has 0 saturated carbocycles. The second kappa shape index (κ2) is 19.3. The Kier molecular flexibility index (Phi) is 14.9.